The van der Waals surface area contributed by atoms with Crippen molar-refractivity contribution in [2.24, 2.45) is 0 Å². The fourth-order valence-corrected chi connectivity index (χ4v) is 2.23. The predicted molar refractivity (Wildman–Crippen MR) is 75.6 cm³/mol. The van der Waals surface area contributed by atoms with Crippen molar-refractivity contribution in [3.05, 3.63) is 34.1 Å². The van der Waals surface area contributed by atoms with E-state index in [0.717, 1.165) is 44.4 Å². The van der Waals surface area contributed by atoms with E-state index in [2.05, 4.69) is 10.6 Å². The Bertz CT molecular complexity index is 546. The van der Waals surface area contributed by atoms with E-state index in [9.17, 15) is 19.3 Å². The van der Waals surface area contributed by atoms with Gasteiger partial charge in [0.05, 0.1) is 22.7 Å². The molecule has 0 aromatic heterocycles. The number of amides is 1. The van der Waals surface area contributed by atoms with Crippen LogP contribution >= 0.6 is 0 Å². The lowest BCUT2D eigenvalue weighted by Gasteiger charge is -2.31. The summed E-state index contributed by atoms with van der Waals surface area (Å²) in [5.74, 6) is -1.06. The maximum Gasteiger partial charge on any atom is 0.274 e. The lowest BCUT2D eigenvalue weighted by atomic mass is 10.2. The molecule has 2 N–H and O–H groups in total. The van der Waals surface area contributed by atoms with Crippen molar-refractivity contribution in [3.8, 4) is 0 Å². The van der Waals surface area contributed by atoms with Gasteiger partial charge in [-0.2, -0.15) is 0 Å². The molecule has 1 saturated heterocycles. The Morgan fingerprint density at radius 1 is 1.43 bits per heavy atom. The lowest BCUT2D eigenvalue weighted by molar-refractivity contribution is -0.385. The number of halogens is 1. The van der Waals surface area contributed by atoms with Crippen LogP contribution in [0.2, 0.25) is 0 Å². The van der Waals surface area contributed by atoms with Gasteiger partial charge in [-0.3, -0.25) is 19.8 Å². The first kappa shape index (κ1) is 15.3. The van der Waals surface area contributed by atoms with E-state index in [4.69, 9.17) is 0 Å². The third-order valence-corrected chi connectivity index (χ3v) is 3.44. The minimum absolute atomic E-state index is 0.0914. The zero-order valence-electron chi connectivity index (χ0n) is 11.6. The second-order valence-electron chi connectivity index (χ2n) is 4.91. The molecular formula is C13H17FN4O3. The van der Waals surface area contributed by atoms with E-state index in [-0.39, 0.29) is 23.3 Å². The normalized spacial score (nSPS) is 17.2. The van der Waals surface area contributed by atoms with Crippen molar-refractivity contribution >= 4 is 17.3 Å². The Labute approximate surface area is 121 Å². The molecule has 8 heteroatoms. The summed E-state index contributed by atoms with van der Waals surface area (Å²) in [6, 6.07) is 2.64. The summed E-state index contributed by atoms with van der Waals surface area (Å²) in [7, 11) is 0. The molecule has 0 spiro atoms. The van der Waals surface area contributed by atoms with Crippen LogP contribution in [0.15, 0.2) is 18.2 Å². The number of carbonyl (C=O) groups excluding carboxylic acids is 1. The number of rotatable bonds is 4. The number of nitro groups is 1. The van der Waals surface area contributed by atoms with Crippen LogP contribution in [-0.2, 0) is 4.79 Å². The average molecular weight is 296 g/mol. The molecule has 1 atom stereocenters. The summed E-state index contributed by atoms with van der Waals surface area (Å²) in [5.41, 5.74) is -0.297. The van der Waals surface area contributed by atoms with E-state index in [1.165, 1.54) is 0 Å². The number of benzene rings is 1. The number of anilines is 1. The molecule has 0 radical (unpaired) electrons. The van der Waals surface area contributed by atoms with Gasteiger partial charge in [0.2, 0.25) is 5.91 Å². The molecule has 21 heavy (non-hydrogen) atoms. The van der Waals surface area contributed by atoms with Gasteiger partial charge in [-0.05, 0) is 13.0 Å². The molecule has 7 nitrogen and oxygen atoms in total. The fourth-order valence-electron chi connectivity index (χ4n) is 2.23. The van der Waals surface area contributed by atoms with Crippen molar-refractivity contribution in [2.75, 3.05) is 31.5 Å². The van der Waals surface area contributed by atoms with E-state index in [0.29, 0.717) is 0 Å². The van der Waals surface area contributed by atoms with Crippen LogP contribution in [0.1, 0.15) is 6.92 Å². The molecule has 1 fully saturated rings. The first-order valence-corrected chi connectivity index (χ1v) is 6.68. The third kappa shape index (κ3) is 3.96. The van der Waals surface area contributed by atoms with Crippen LogP contribution in [-0.4, -0.2) is 48.0 Å². The van der Waals surface area contributed by atoms with Gasteiger partial charge in [-0.15, -0.1) is 0 Å². The van der Waals surface area contributed by atoms with Crippen LogP contribution in [0.5, 0.6) is 0 Å². The lowest BCUT2D eigenvalue weighted by Crippen LogP contribution is -2.51. The molecule has 1 aliphatic rings. The molecule has 1 aromatic carbocycles. The molecule has 1 unspecified atom stereocenters. The van der Waals surface area contributed by atoms with Crippen molar-refractivity contribution in [2.45, 2.75) is 13.0 Å². The zero-order chi connectivity index (χ0) is 15.4. The fraction of sp³-hybridized carbons (Fsp3) is 0.462. The van der Waals surface area contributed by atoms with Gasteiger partial charge in [0.25, 0.3) is 5.69 Å². The average Bonchev–Trinajstić information content (AvgIpc) is 2.46. The van der Waals surface area contributed by atoms with Crippen LogP contribution < -0.4 is 10.6 Å². The van der Waals surface area contributed by atoms with E-state index in [1.807, 2.05) is 4.90 Å². The largest absolute Gasteiger partial charge is 0.324 e. The second-order valence-corrected chi connectivity index (χ2v) is 4.91. The highest BCUT2D eigenvalue weighted by Gasteiger charge is 2.23. The SMILES string of the molecule is CC(C(=O)Nc1cc(F)cc([N+](=O)[O-])c1)N1CCNCC1. The summed E-state index contributed by atoms with van der Waals surface area (Å²) in [6.07, 6.45) is 0. The molecule has 0 aliphatic carbocycles. The number of nitrogens with zero attached hydrogens (tertiary/aromatic N) is 2. The van der Waals surface area contributed by atoms with Crippen LogP contribution in [0.3, 0.4) is 0 Å². The van der Waals surface area contributed by atoms with Crippen molar-refractivity contribution in [3.63, 3.8) is 0 Å². The van der Waals surface area contributed by atoms with Gasteiger partial charge in [0.15, 0.2) is 0 Å². The Morgan fingerprint density at radius 2 is 2.10 bits per heavy atom. The third-order valence-electron chi connectivity index (χ3n) is 3.44. The van der Waals surface area contributed by atoms with Gasteiger partial charge < -0.3 is 10.6 Å². The van der Waals surface area contributed by atoms with Crippen molar-refractivity contribution in [1.82, 2.24) is 10.2 Å². The maximum absolute atomic E-state index is 13.3. The zero-order valence-corrected chi connectivity index (χ0v) is 11.6. The molecule has 1 amide bonds. The van der Waals surface area contributed by atoms with E-state index >= 15 is 0 Å². The van der Waals surface area contributed by atoms with Crippen LogP contribution in [0.25, 0.3) is 0 Å². The van der Waals surface area contributed by atoms with Crippen molar-refractivity contribution < 1.29 is 14.1 Å². The molecule has 2 rings (SSSR count). The smallest absolute Gasteiger partial charge is 0.274 e. The Morgan fingerprint density at radius 3 is 2.71 bits per heavy atom. The number of carbonyl (C=O) groups is 1. The maximum atomic E-state index is 13.3. The van der Waals surface area contributed by atoms with Gasteiger partial charge in [0.1, 0.15) is 5.82 Å². The molecular weight excluding hydrogens is 279 g/mol. The van der Waals surface area contributed by atoms with Crippen LogP contribution in [0, 0.1) is 15.9 Å². The number of non-ortho nitro benzene ring substituents is 1. The highest BCUT2D eigenvalue weighted by atomic mass is 19.1. The topological polar surface area (TPSA) is 87.5 Å². The number of nitrogens with one attached hydrogen (secondary N) is 2. The molecule has 0 bridgehead atoms. The van der Waals surface area contributed by atoms with E-state index in [1.54, 1.807) is 6.92 Å². The Hall–Kier alpha value is -2.06. The highest BCUT2D eigenvalue weighted by molar-refractivity contribution is 5.94. The van der Waals surface area contributed by atoms with Gasteiger partial charge in [0, 0.05) is 32.2 Å². The van der Waals surface area contributed by atoms with Gasteiger partial charge >= 0.3 is 0 Å². The monoisotopic (exact) mass is 296 g/mol. The Kier molecular flexibility index (Phi) is 4.81. The molecule has 1 aliphatic heterocycles. The summed E-state index contributed by atoms with van der Waals surface area (Å²) in [6.45, 7) is 4.87. The summed E-state index contributed by atoms with van der Waals surface area (Å²) < 4.78 is 13.3. The summed E-state index contributed by atoms with van der Waals surface area (Å²) in [4.78, 5) is 24.1. The number of hydrogen-bond donors (Lipinski definition) is 2. The number of nitro benzene ring substituents is 1. The van der Waals surface area contributed by atoms with Gasteiger partial charge in [-0.1, -0.05) is 0 Å². The van der Waals surface area contributed by atoms with E-state index < -0.39 is 10.7 Å². The minimum atomic E-state index is -0.755. The molecule has 1 aromatic rings. The predicted octanol–water partition coefficient (Wildman–Crippen LogP) is 0.966. The van der Waals surface area contributed by atoms with Crippen LogP contribution in [0.4, 0.5) is 15.8 Å². The second kappa shape index (κ2) is 6.59. The first-order valence-electron chi connectivity index (χ1n) is 6.68. The standard InChI is InChI=1S/C13H17FN4O3/c1-9(17-4-2-15-3-5-17)13(19)16-11-6-10(14)7-12(8-11)18(20)21/h6-9,15H,2-5H2,1H3,(H,16,19). The van der Waals surface area contributed by atoms with Crippen molar-refractivity contribution in [1.29, 1.82) is 0 Å². The molecule has 114 valence electrons. The quantitative estimate of drug-likeness (QED) is 0.638. The van der Waals surface area contributed by atoms with Gasteiger partial charge in [-0.25, -0.2) is 4.39 Å². The molecule has 1 heterocycles. The highest BCUT2D eigenvalue weighted by Crippen LogP contribution is 2.20. The number of piperazine rings is 1. The first-order chi connectivity index (χ1) is 9.97. The Balaban J connectivity index is 2.06. The minimum Gasteiger partial charge on any atom is -0.324 e. The summed E-state index contributed by atoms with van der Waals surface area (Å²) >= 11 is 0. The summed E-state index contributed by atoms with van der Waals surface area (Å²) in [5, 5.41) is 16.4. The number of hydrogen-bond acceptors (Lipinski definition) is 5. The molecule has 0 saturated carbocycles.